The summed E-state index contributed by atoms with van der Waals surface area (Å²) in [5.41, 5.74) is -0.842. The molecule has 2 atom stereocenters. The number of rotatable bonds is 0. The van der Waals surface area contributed by atoms with Gasteiger partial charge >= 0.3 is 6.09 Å². The van der Waals surface area contributed by atoms with Gasteiger partial charge in [0.1, 0.15) is 5.60 Å². The molecule has 4 nitrogen and oxygen atoms in total. The van der Waals surface area contributed by atoms with Crippen molar-refractivity contribution in [1.29, 1.82) is 0 Å². The van der Waals surface area contributed by atoms with Crippen LogP contribution in [0.2, 0.25) is 0 Å². The Hall–Kier alpha value is -1.06. The lowest BCUT2D eigenvalue weighted by Crippen LogP contribution is -2.72. The Morgan fingerprint density at radius 2 is 2.06 bits per heavy atom. The average Bonchev–Trinajstić information content (AvgIpc) is 2.13. The molecule has 0 aromatic carbocycles. The number of hydrogen-bond donors (Lipinski definition) is 0. The Morgan fingerprint density at radius 1 is 1.41 bits per heavy atom. The first-order valence-corrected chi connectivity index (χ1v) is 6.33. The number of β-lactam (4-membered cyclic amide) rings is 1. The van der Waals surface area contributed by atoms with Crippen LogP contribution in [0.1, 0.15) is 53.4 Å². The van der Waals surface area contributed by atoms with E-state index in [0.717, 1.165) is 25.7 Å². The SMILES string of the molecule is CC(C)(C)OC(=O)N1C(=O)[C@H]2CCCC[C@]21C. The van der Waals surface area contributed by atoms with Gasteiger partial charge in [-0.05, 0) is 40.5 Å². The van der Waals surface area contributed by atoms with Crippen LogP contribution in [-0.4, -0.2) is 28.0 Å². The molecule has 17 heavy (non-hydrogen) atoms. The van der Waals surface area contributed by atoms with E-state index in [1.54, 1.807) is 0 Å². The highest BCUT2D eigenvalue weighted by atomic mass is 16.6. The minimum Gasteiger partial charge on any atom is -0.443 e. The highest BCUT2D eigenvalue weighted by molar-refractivity contribution is 6.01. The van der Waals surface area contributed by atoms with E-state index in [1.165, 1.54) is 4.90 Å². The molecule has 0 radical (unpaired) electrons. The van der Waals surface area contributed by atoms with E-state index in [4.69, 9.17) is 4.74 Å². The molecule has 2 aliphatic rings. The minimum absolute atomic E-state index is 0.0313. The minimum atomic E-state index is -0.548. The van der Waals surface area contributed by atoms with Crippen molar-refractivity contribution in [2.75, 3.05) is 0 Å². The first-order chi connectivity index (χ1) is 7.76. The average molecular weight is 239 g/mol. The lowest BCUT2D eigenvalue weighted by Gasteiger charge is -2.56. The Labute approximate surface area is 102 Å². The van der Waals surface area contributed by atoms with Crippen molar-refractivity contribution in [2.45, 2.75) is 64.5 Å². The molecular formula is C13H21NO3. The molecule has 2 rings (SSSR count). The zero-order chi connectivity index (χ0) is 12.8. The molecule has 4 heteroatoms. The number of imide groups is 1. The first-order valence-electron chi connectivity index (χ1n) is 6.33. The predicted octanol–water partition coefficient (Wildman–Crippen LogP) is 2.71. The van der Waals surface area contributed by atoms with Crippen LogP contribution in [0.15, 0.2) is 0 Å². The van der Waals surface area contributed by atoms with E-state index in [1.807, 2.05) is 27.7 Å². The molecular weight excluding hydrogens is 218 g/mol. The largest absolute Gasteiger partial charge is 0.443 e. The van der Waals surface area contributed by atoms with E-state index < -0.39 is 11.7 Å². The summed E-state index contributed by atoms with van der Waals surface area (Å²) in [6, 6.07) is 0. The lowest BCUT2D eigenvalue weighted by atomic mass is 9.66. The fourth-order valence-electron chi connectivity index (χ4n) is 2.92. The lowest BCUT2D eigenvalue weighted by molar-refractivity contribution is -0.170. The van der Waals surface area contributed by atoms with Gasteiger partial charge < -0.3 is 4.74 Å². The molecule has 2 fully saturated rings. The van der Waals surface area contributed by atoms with Crippen LogP contribution < -0.4 is 0 Å². The number of ether oxygens (including phenoxy) is 1. The summed E-state index contributed by atoms with van der Waals surface area (Å²) in [5, 5.41) is 0. The van der Waals surface area contributed by atoms with Crippen molar-refractivity contribution in [3.63, 3.8) is 0 Å². The second-order valence-corrected chi connectivity index (χ2v) is 6.31. The predicted molar refractivity (Wildman–Crippen MR) is 63.4 cm³/mol. The number of fused-ring (bicyclic) bond motifs is 1. The maximum atomic E-state index is 12.0. The van der Waals surface area contributed by atoms with Gasteiger partial charge in [-0.25, -0.2) is 9.69 Å². The highest BCUT2D eigenvalue weighted by Crippen LogP contribution is 2.48. The summed E-state index contributed by atoms with van der Waals surface area (Å²) in [6.07, 6.45) is 3.51. The van der Waals surface area contributed by atoms with Crippen molar-refractivity contribution in [1.82, 2.24) is 4.90 Å². The van der Waals surface area contributed by atoms with Gasteiger partial charge in [0.15, 0.2) is 0 Å². The van der Waals surface area contributed by atoms with E-state index in [9.17, 15) is 9.59 Å². The van der Waals surface area contributed by atoms with Gasteiger partial charge in [-0.2, -0.15) is 0 Å². The molecule has 1 aliphatic carbocycles. The van der Waals surface area contributed by atoms with E-state index in [2.05, 4.69) is 0 Å². The van der Waals surface area contributed by atoms with Crippen LogP contribution in [0.25, 0.3) is 0 Å². The number of hydrogen-bond acceptors (Lipinski definition) is 3. The highest BCUT2D eigenvalue weighted by Gasteiger charge is 2.61. The third kappa shape index (κ3) is 1.94. The molecule has 0 aromatic heterocycles. The summed E-state index contributed by atoms with van der Waals surface area (Å²) < 4.78 is 5.29. The molecule has 0 unspecified atom stereocenters. The smallest absolute Gasteiger partial charge is 0.417 e. The number of carbonyl (C=O) groups is 2. The third-order valence-corrected chi connectivity index (χ3v) is 3.78. The van der Waals surface area contributed by atoms with Crippen molar-refractivity contribution < 1.29 is 14.3 Å². The van der Waals surface area contributed by atoms with Crippen molar-refractivity contribution in [3.8, 4) is 0 Å². The maximum Gasteiger partial charge on any atom is 0.417 e. The summed E-state index contributed by atoms with van der Waals surface area (Å²) >= 11 is 0. The van der Waals surface area contributed by atoms with Gasteiger partial charge in [-0.3, -0.25) is 4.79 Å². The molecule has 0 bridgehead atoms. The fourth-order valence-corrected chi connectivity index (χ4v) is 2.92. The number of carbonyl (C=O) groups excluding carboxylic acids is 2. The summed E-state index contributed by atoms with van der Waals surface area (Å²) in [5.74, 6) is -0.0229. The van der Waals surface area contributed by atoms with E-state index >= 15 is 0 Å². The third-order valence-electron chi connectivity index (χ3n) is 3.78. The molecule has 0 aromatic rings. The van der Waals surface area contributed by atoms with Crippen molar-refractivity contribution in [2.24, 2.45) is 5.92 Å². The van der Waals surface area contributed by atoms with Crippen LogP contribution in [0.5, 0.6) is 0 Å². The van der Waals surface area contributed by atoms with Gasteiger partial charge in [-0.15, -0.1) is 0 Å². The van der Waals surface area contributed by atoms with Crippen LogP contribution in [0.3, 0.4) is 0 Å². The van der Waals surface area contributed by atoms with Crippen LogP contribution in [-0.2, 0) is 9.53 Å². The molecule has 1 heterocycles. The van der Waals surface area contributed by atoms with Gasteiger partial charge in [0.2, 0.25) is 5.91 Å². The molecule has 1 saturated heterocycles. The fraction of sp³-hybridized carbons (Fsp3) is 0.846. The Balaban J connectivity index is 2.12. The number of amides is 2. The van der Waals surface area contributed by atoms with Crippen molar-refractivity contribution >= 4 is 12.0 Å². The summed E-state index contributed by atoms with van der Waals surface area (Å²) in [6.45, 7) is 7.45. The number of likely N-dealkylation sites (tertiary alicyclic amines) is 1. The van der Waals surface area contributed by atoms with Crippen molar-refractivity contribution in [3.05, 3.63) is 0 Å². The Bertz CT molecular complexity index is 358. The van der Waals surface area contributed by atoms with Crippen LogP contribution in [0.4, 0.5) is 4.79 Å². The normalized spacial score (nSPS) is 32.8. The molecule has 0 N–H and O–H groups in total. The Kier molecular flexibility index (Phi) is 2.71. The summed E-state index contributed by atoms with van der Waals surface area (Å²) in [4.78, 5) is 25.3. The molecule has 1 saturated carbocycles. The van der Waals surface area contributed by atoms with Crippen LogP contribution >= 0.6 is 0 Å². The topological polar surface area (TPSA) is 46.6 Å². The van der Waals surface area contributed by atoms with Gasteiger partial charge in [-0.1, -0.05) is 12.8 Å². The van der Waals surface area contributed by atoms with E-state index in [0.29, 0.717) is 0 Å². The van der Waals surface area contributed by atoms with Crippen LogP contribution in [0, 0.1) is 5.92 Å². The van der Waals surface area contributed by atoms with E-state index in [-0.39, 0.29) is 17.4 Å². The zero-order valence-electron chi connectivity index (χ0n) is 11.1. The monoisotopic (exact) mass is 239 g/mol. The van der Waals surface area contributed by atoms with Gasteiger partial charge in [0, 0.05) is 0 Å². The van der Waals surface area contributed by atoms with Gasteiger partial charge in [0.25, 0.3) is 0 Å². The molecule has 2 amide bonds. The first kappa shape index (κ1) is 12.4. The molecule has 1 aliphatic heterocycles. The molecule has 96 valence electrons. The standard InChI is InChI=1S/C13H21NO3/c1-12(2,3)17-11(16)14-10(15)9-7-5-6-8-13(9,14)4/h9H,5-8H2,1-4H3/t9-,13-/m1/s1. The molecule has 0 spiro atoms. The quantitative estimate of drug-likeness (QED) is 0.611. The maximum absolute atomic E-state index is 12.0. The second kappa shape index (κ2) is 3.72. The van der Waals surface area contributed by atoms with Gasteiger partial charge in [0.05, 0.1) is 11.5 Å². The Morgan fingerprint density at radius 3 is 2.65 bits per heavy atom. The zero-order valence-corrected chi connectivity index (χ0v) is 11.1. The summed E-state index contributed by atoms with van der Waals surface area (Å²) in [7, 11) is 0. The second-order valence-electron chi connectivity index (χ2n) is 6.31. The number of nitrogens with zero attached hydrogens (tertiary/aromatic N) is 1.